The van der Waals surface area contributed by atoms with E-state index in [9.17, 15) is 4.79 Å². The van der Waals surface area contributed by atoms with Crippen LogP contribution in [0.3, 0.4) is 0 Å². The van der Waals surface area contributed by atoms with Gasteiger partial charge in [0.1, 0.15) is 0 Å². The van der Waals surface area contributed by atoms with Crippen LogP contribution >= 0.6 is 0 Å². The van der Waals surface area contributed by atoms with Crippen LogP contribution in [0.15, 0.2) is 0 Å². The number of hydrogen-bond acceptors (Lipinski definition) is 2. The van der Waals surface area contributed by atoms with E-state index in [1.54, 1.807) is 0 Å². The molecule has 0 aromatic heterocycles. The maximum atomic E-state index is 12.3. The molecule has 0 aliphatic rings. The molecule has 0 rings (SSSR count). The van der Waals surface area contributed by atoms with E-state index >= 15 is 0 Å². The Hall–Kier alpha value is -0.530. The van der Waals surface area contributed by atoms with E-state index in [-0.39, 0.29) is 5.97 Å². The van der Waals surface area contributed by atoms with Gasteiger partial charge in [0.2, 0.25) is 0 Å². The lowest BCUT2D eigenvalue weighted by Crippen LogP contribution is -2.14. The van der Waals surface area contributed by atoms with Crippen LogP contribution in [0.4, 0.5) is 0 Å². The second-order valence-corrected chi connectivity index (χ2v) is 11.7. The van der Waals surface area contributed by atoms with Crippen molar-refractivity contribution in [2.75, 3.05) is 6.61 Å². The number of ether oxygens (including phenoxy) is 1. The molecular weight excluding hydrogens is 440 g/mol. The Morgan fingerprint density at radius 2 is 0.750 bits per heavy atom. The molecule has 36 heavy (non-hydrogen) atoms. The number of hydrogen-bond donors (Lipinski definition) is 0. The first-order valence-corrected chi connectivity index (χ1v) is 16.9. The predicted octanol–water partition coefficient (Wildman–Crippen LogP) is 12.1. The molecule has 0 N–H and O–H groups in total. The molecule has 1 atom stereocenters. The molecule has 0 fully saturated rings. The van der Waals surface area contributed by atoms with E-state index in [0.29, 0.717) is 18.9 Å². The number of esters is 1. The second-order valence-electron chi connectivity index (χ2n) is 11.7. The van der Waals surface area contributed by atoms with Crippen molar-refractivity contribution in [1.82, 2.24) is 0 Å². The predicted molar refractivity (Wildman–Crippen MR) is 161 cm³/mol. The highest BCUT2D eigenvalue weighted by atomic mass is 16.5. The van der Waals surface area contributed by atoms with Crippen molar-refractivity contribution < 1.29 is 9.53 Å². The van der Waals surface area contributed by atoms with E-state index in [4.69, 9.17) is 4.74 Å². The van der Waals surface area contributed by atoms with Gasteiger partial charge in [0, 0.05) is 6.42 Å². The van der Waals surface area contributed by atoms with Crippen molar-refractivity contribution in [3.8, 4) is 0 Å². The maximum absolute atomic E-state index is 12.3. The highest BCUT2D eigenvalue weighted by Crippen LogP contribution is 2.20. The normalized spacial score (nSPS) is 12.2. The van der Waals surface area contributed by atoms with Crippen molar-refractivity contribution in [2.24, 2.45) is 5.92 Å². The zero-order valence-electron chi connectivity index (χ0n) is 25.4. The summed E-state index contributed by atoms with van der Waals surface area (Å²) in [6.07, 6.45) is 36.9. The molecule has 1 unspecified atom stereocenters. The van der Waals surface area contributed by atoms with Gasteiger partial charge < -0.3 is 4.74 Å². The molecule has 216 valence electrons. The van der Waals surface area contributed by atoms with Crippen LogP contribution in [0, 0.1) is 5.92 Å². The third kappa shape index (κ3) is 28.0. The summed E-state index contributed by atoms with van der Waals surface area (Å²) in [7, 11) is 0. The van der Waals surface area contributed by atoms with Crippen molar-refractivity contribution in [1.29, 1.82) is 0 Å². The van der Waals surface area contributed by atoms with Crippen molar-refractivity contribution in [2.45, 2.75) is 201 Å². The molecule has 0 aromatic carbocycles. The van der Waals surface area contributed by atoms with Gasteiger partial charge in [-0.1, -0.05) is 175 Å². The van der Waals surface area contributed by atoms with Crippen molar-refractivity contribution >= 4 is 5.97 Å². The fourth-order valence-corrected chi connectivity index (χ4v) is 5.31. The molecule has 2 heteroatoms. The third-order valence-electron chi connectivity index (χ3n) is 7.90. The van der Waals surface area contributed by atoms with Crippen LogP contribution in [0.25, 0.3) is 0 Å². The van der Waals surface area contributed by atoms with Gasteiger partial charge in [-0.15, -0.1) is 0 Å². The van der Waals surface area contributed by atoms with E-state index in [1.165, 1.54) is 167 Å². The van der Waals surface area contributed by atoms with E-state index < -0.39 is 0 Å². The van der Waals surface area contributed by atoms with Crippen molar-refractivity contribution in [3.05, 3.63) is 0 Å². The molecule has 0 amide bonds. The summed E-state index contributed by atoms with van der Waals surface area (Å²) in [6.45, 7) is 7.50. The first-order valence-electron chi connectivity index (χ1n) is 16.9. The van der Waals surface area contributed by atoms with Crippen LogP contribution in [-0.4, -0.2) is 12.6 Å². The Bertz CT molecular complexity index is 419. The Balaban J connectivity index is 3.73. The van der Waals surface area contributed by atoms with Crippen LogP contribution < -0.4 is 0 Å². The molecular formula is C34H68O2. The van der Waals surface area contributed by atoms with Crippen molar-refractivity contribution in [3.63, 3.8) is 0 Å². The first-order chi connectivity index (χ1) is 17.7. The molecule has 0 spiro atoms. The summed E-state index contributed by atoms with van der Waals surface area (Å²) in [5.74, 6) is 0.626. The van der Waals surface area contributed by atoms with E-state index in [2.05, 4.69) is 20.8 Å². The molecule has 2 nitrogen and oxygen atoms in total. The lowest BCUT2D eigenvalue weighted by Gasteiger charge is -2.17. The zero-order valence-corrected chi connectivity index (χ0v) is 25.4. The monoisotopic (exact) mass is 509 g/mol. The summed E-state index contributed by atoms with van der Waals surface area (Å²) in [6, 6.07) is 0. The lowest BCUT2D eigenvalue weighted by molar-refractivity contribution is -0.145. The standard InChI is InChI=1S/C34H68O2/c1-4-7-10-12-14-16-18-19-20-22-24-27-30-33(29-26-9-6-3)32-36-34(35)31-28-25-23-21-17-15-13-11-8-5-2/h33H,4-32H2,1-3H3. The Morgan fingerprint density at radius 1 is 0.444 bits per heavy atom. The third-order valence-corrected chi connectivity index (χ3v) is 7.90. The molecule has 0 heterocycles. The van der Waals surface area contributed by atoms with Crippen LogP contribution in [0.5, 0.6) is 0 Å². The van der Waals surface area contributed by atoms with Gasteiger partial charge in [-0.2, -0.15) is 0 Å². The molecule has 0 radical (unpaired) electrons. The average molecular weight is 509 g/mol. The fraction of sp³-hybridized carbons (Fsp3) is 0.971. The number of carbonyl (C=O) groups excluding carboxylic acids is 1. The van der Waals surface area contributed by atoms with Crippen LogP contribution in [-0.2, 0) is 9.53 Å². The summed E-state index contributed by atoms with van der Waals surface area (Å²) < 4.78 is 5.74. The largest absolute Gasteiger partial charge is 0.465 e. The minimum absolute atomic E-state index is 0.0461. The fourth-order valence-electron chi connectivity index (χ4n) is 5.31. The Morgan fingerprint density at radius 3 is 1.17 bits per heavy atom. The molecule has 0 aliphatic carbocycles. The summed E-state index contributed by atoms with van der Waals surface area (Å²) >= 11 is 0. The maximum Gasteiger partial charge on any atom is 0.305 e. The number of rotatable bonds is 30. The second kappa shape index (κ2) is 30.7. The summed E-state index contributed by atoms with van der Waals surface area (Å²) in [5.41, 5.74) is 0. The molecule has 0 saturated heterocycles. The SMILES string of the molecule is CCCCCCCCCCCCCCC(CCCCC)COC(=O)CCCCCCCCCCCC. The molecule has 0 aliphatic heterocycles. The molecule has 0 aromatic rings. The quantitative estimate of drug-likeness (QED) is 0.0712. The molecule has 0 saturated carbocycles. The van der Waals surface area contributed by atoms with Crippen LogP contribution in [0.2, 0.25) is 0 Å². The van der Waals surface area contributed by atoms with Gasteiger partial charge in [-0.05, 0) is 25.2 Å². The minimum atomic E-state index is 0.0461. The Labute approximate surface area is 228 Å². The first kappa shape index (κ1) is 35.5. The van der Waals surface area contributed by atoms with Gasteiger partial charge in [0.15, 0.2) is 0 Å². The highest BCUT2D eigenvalue weighted by Gasteiger charge is 2.12. The smallest absolute Gasteiger partial charge is 0.305 e. The number of carbonyl (C=O) groups is 1. The lowest BCUT2D eigenvalue weighted by atomic mass is 9.95. The molecule has 0 bridgehead atoms. The average Bonchev–Trinajstić information content (AvgIpc) is 2.88. The van der Waals surface area contributed by atoms with Gasteiger partial charge in [-0.3, -0.25) is 4.79 Å². The minimum Gasteiger partial charge on any atom is -0.465 e. The van der Waals surface area contributed by atoms with Gasteiger partial charge in [-0.25, -0.2) is 0 Å². The summed E-state index contributed by atoms with van der Waals surface area (Å²) in [5, 5.41) is 0. The van der Waals surface area contributed by atoms with Gasteiger partial charge in [0.25, 0.3) is 0 Å². The number of unbranched alkanes of at least 4 members (excludes halogenated alkanes) is 22. The van der Waals surface area contributed by atoms with Gasteiger partial charge in [0.05, 0.1) is 6.61 Å². The highest BCUT2D eigenvalue weighted by molar-refractivity contribution is 5.69. The Kier molecular flexibility index (Phi) is 30.2. The van der Waals surface area contributed by atoms with Gasteiger partial charge >= 0.3 is 5.97 Å². The van der Waals surface area contributed by atoms with Crippen LogP contribution in [0.1, 0.15) is 201 Å². The van der Waals surface area contributed by atoms with E-state index in [1.807, 2.05) is 0 Å². The zero-order chi connectivity index (χ0) is 26.4. The van der Waals surface area contributed by atoms with E-state index in [0.717, 1.165) is 6.42 Å². The summed E-state index contributed by atoms with van der Waals surface area (Å²) in [4.78, 5) is 12.3. The topological polar surface area (TPSA) is 26.3 Å².